The van der Waals surface area contributed by atoms with Crippen LogP contribution in [0.15, 0.2) is 40.8 Å². The van der Waals surface area contributed by atoms with Crippen LogP contribution in [0.25, 0.3) is 11.3 Å². The van der Waals surface area contributed by atoms with E-state index in [9.17, 15) is 0 Å². The van der Waals surface area contributed by atoms with Crippen LogP contribution in [0.1, 0.15) is 11.3 Å². The predicted molar refractivity (Wildman–Crippen MR) is 53.6 cm³/mol. The largest absolute Gasteiger partial charge is 0.461 e. The van der Waals surface area contributed by atoms with Gasteiger partial charge in [-0.1, -0.05) is 12.1 Å². The molecule has 0 unspecified atom stereocenters. The average molecular weight is 183 g/mol. The van der Waals surface area contributed by atoms with Crippen molar-refractivity contribution in [3.63, 3.8) is 0 Å². The van der Waals surface area contributed by atoms with E-state index in [0.717, 1.165) is 17.1 Å². The van der Waals surface area contributed by atoms with Gasteiger partial charge in [-0.3, -0.25) is 0 Å². The van der Waals surface area contributed by atoms with E-state index in [2.05, 4.69) is 6.07 Å². The van der Waals surface area contributed by atoms with Crippen molar-refractivity contribution in [2.24, 2.45) is 0 Å². The summed E-state index contributed by atoms with van der Waals surface area (Å²) in [6.45, 7) is 1.90. The molecule has 0 saturated heterocycles. The fraction of sp³-hybridized carbons (Fsp3) is 0.0833. The van der Waals surface area contributed by atoms with E-state index in [1.165, 1.54) is 0 Å². The maximum Gasteiger partial charge on any atom is 0.134 e. The summed E-state index contributed by atoms with van der Waals surface area (Å²) in [7, 11) is 0. The number of hydrogen-bond donors (Lipinski definition) is 0. The van der Waals surface area contributed by atoms with Crippen LogP contribution < -0.4 is 0 Å². The van der Waals surface area contributed by atoms with E-state index in [1.807, 2.05) is 37.3 Å². The summed E-state index contributed by atoms with van der Waals surface area (Å²) in [6.07, 6.45) is 0. The minimum atomic E-state index is 0.650. The maximum atomic E-state index is 8.73. The summed E-state index contributed by atoms with van der Waals surface area (Å²) in [5, 5.41) is 8.73. The first-order valence-corrected chi connectivity index (χ1v) is 4.36. The van der Waals surface area contributed by atoms with Gasteiger partial charge in [-0.2, -0.15) is 5.26 Å². The smallest absolute Gasteiger partial charge is 0.134 e. The number of rotatable bonds is 1. The van der Waals surface area contributed by atoms with Gasteiger partial charge in [0.15, 0.2) is 0 Å². The Morgan fingerprint density at radius 2 is 2.07 bits per heavy atom. The molecule has 0 aliphatic rings. The van der Waals surface area contributed by atoms with Gasteiger partial charge in [0.25, 0.3) is 0 Å². The summed E-state index contributed by atoms with van der Waals surface area (Å²) < 4.78 is 5.46. The van der Waals surface area contributed by atoms with Crippen LogP contribution >= 0.6 is 0 Å². The highest BCUT2D eigenvalue weighted by Gasteiger charge is 2.02. The monoisotopic (exact) mass is 183 g/mol. The van der Waals surface area contributed by atoms with Crippen molar-refractivity contribution in [3.05, 3.63) is 47.7 Å². The maximum absolute atomic E-state index is 8.73. The molecule has 0 aliphatic heterocycles. The Balaban J connectivity index is 2.47. The molecule has 0 aliphatic carbocycles. The second-order valence-corrected chi connectivity index (χ2v) is 3.10. The number of furan rings is 1. The molecule has 2 heteroatoms. The van der Waals surface area contributed by atoms with Crippen molar-refractivity contribution in [2.75, 3.05) is 0 Å². The minimum Gasteiger partial charge on any atom is -0.461 e. The Morgan fingerprint density at radius 3 is 2.71 bits per heavy atom. The fourth-order valence-corrected chi connectivity index (χ4v) is 1.33. The van der Waals surface area contributed by atoms with E-state index in [0.29, 0.717) is 5.56 Å². The third-order valence-electron chi connectivity index (χ3n) is 2.02. The van der Waals surface area contributed by atoms with Crippen LogP contribution in [0.3, 0.4) is 0 Å². The van der Waals surface area contributed by atoms with Crippen LogP contribution in [-0.2, 0) is 0 Å². The summed E-state index contributed by atoms with van der Waals surface area (Å²) in [5.74, 6) is 1.68. The van der Waals surface area contributed by atoms with Gasteiger partial charge in [-0.05, 0) is 31.2 Å². The SMILES string of the molecule is Cc1ccc(-c2cccc(C#N)c2)o1. The normalized spacial score (nSPS) is 9.71. The number of nitriles is 1. The van der Waals surface area contributed by atoms with Crippen LogP contribution in [0.4, 0.5) is 0 Å². The molecule has 0 amide bonds. The first-order chi connectivity index (χ1) is 6.79. The lowest BCUT2D eigenvalue weighted by atomic mass is 10.1. The van der Waals surface area contributed by atoms with Crippen LogP contribution in [0.5, 0.6) is 0 Å². The summed E-state index contributed by atoms with van der Waals surface area (Å²) >= 11 is 0. The summed E-state index contributed by atoms with van der Waals surface area (Å²) in [4.78, 5) is 0. The van der Waals surface area contributed by atoms with Crippen LogP contribution in [-0.4, -0.2) is 0 Å². The highest BCUT2D eigenvalue weighted by Crippen LogP contribution is 2.22. The van der Waals surface area contributed by atoms with Crippen molar-refractivity contribution < 1.29 is 4.42 Å². The summed E-state index contributed by atoms with van der Waals surface area (Å²) in [5.41, 5.74) is 1.59. The Labute approximate surface area is 82.4 Å². The first-order valence-electron chi connectivity index (χ1n) is 4.36. The Hall–Kier alpha value is -2.01. The second-order valence-electron chi connectivity index (χ2n) is 3.10. The fourth-order valence-electron chi connectivity index (χ4n) is 1.33. The van der Waals surface area contributed by atoms with E-state index in [4.69, 9.17) is 9.68 Å². The molecule has 2 rings (SSSR count). The van der Waals surface area contributed by atoms with Crippen molar-refractivity contribution in [1.82, 2.24) is 0 Å². The van der Waals surface area contributed by atoms with Gasteiger partial charge < -0.3 is 4.42 Å². The quantitative estimate of drug-likeness (QED) is 0.681. The van der Waals surface area contributed by atoms with E-state index in [-0.39, 0.29) is 0 Å². The lowest BCUT2D eigenvalue weighted by molar-refractivity contribution is 0.548. The molecule has 1 aromatic heterocycles. The first kappa shape index (κ1) is 8.58. The zero-order valence-electron chi connectivity index (χ0n) is 7.82. The molecular weight excluding hydrogens is 174 g/mol. The zero-order chi connectivity index (χ0) is 9.97. The van der Waals surface area contributed by atoms with Crippen LogP contribution in [0.2, 0.25) is 0 Å². The molecular formula is C12H9NO. The van der Waals surface area contributed by atoms with E-state index >= 15 is 0 Å². The lowest BCUT2D eigenvalue weighted by Gasteiger charge is -1.96. The van der Waals surface area contributed by atoms with Crippen molar-refractivity contribution in [3.8, 4) is 17.4 Å². The molecule has 14 heavy (non-hydrogen) atoms. The van der Waals surface area contributed by atoms with Crippen LogP contribution in [0, 0.1) is 18.3 Å². The molecule has 68 valence electrons. The highest BCUT2D eigenvalue weighted by molar-refractivity contribution is 5.59. The molecule has 0 atom stereocenters. The molecule has 2 nitrogen and oxygen atoms in total. The summed E-state index contributed by atoms with van der Waals surface area (Å²) in [6, 6.07) is 13.3. The molecule has 1 heterocycles. The Kier molecular flexibility index (Phi) is 2.08. The topological polar surface area (TPSA) is 36.9 Å². The van der Waals surface area contributed by atoms with Gasteiger partial charge >= 0.3 is 0 Å². The molecule has 2 aromatic rings. The van der Waals surface area contributed by atoms with Crippen molar-refractivity contribution in [1.29, 1.82) is 5.26 Å². The number of benzene rings is 1. The molecule has 0 fully saturated rings. The molecule has 0 saturated carbocycles. The molecule has 0 spiro atoms. The molecule has 0 radical (unpaired) electrons. The van der Waals surface area contributed by atoms with Gasteiger partial charge in [0.2, 0.25) is 0 Å². The van der Waals surface area contributed by atoms with Gasteiger partial charge in [0.05, 0.1) is 11.6 Å². The van der Waals surface area contributed by atoms with Gasteiger partial charge in [-0.15, -0.1) is 0 Å². The van der Waals surface area contributed by atoms with E-state index < -0.39 is 0 Å². The Bertz CT molecular complexity index is 491. The Morgan fingerprint density at radius 1 is 1.21 bits per heavy atom. The number of aryl methyl sites for hydroxylation is 1. The van der Waals surface area contributed by atoms with Gasteiger partial charge in [0.1, 0.15) is 11.5 Å². The third kappa shape index (κ3) is 1.53. The van der Waals surface area contributed by atoms with Crippen molar-refractivity contribution >= 4 is 0 Å². The van der Waals surface area contributed by atoms with Gasteiger partial charge in [-0.25, -0.2) is 0 Å². The predicted octanol–water partition coefficient (Wildman–Crippen LogP) is 3.13. The highest BCUT2D eigenvalue weighted by atomic mass is 16.3. The number of nitrogens with zero attached hydrogens (tertiary/aromatic N) is 1. The van der Waals surface area contributed by atoms with Gasteiger partial charge in [0, 0.05) is 5.56 Å². The van der Waals surface area contributed by atoms with Crippen molar-refractivity contribution in [2.45, 2.75) is 6.92 Å². The molecule has 1 aromatic carbocycles. The number of hydrogen-bond acceptors (Lipinski definition) is 2. The van der Waals surface area contributed by atoms with E-state index in [1.54, 1.807) is 6.07 Å². The average Bonchev–Trinajstić information content (AvgIpc) is 2.65. The third-order valence-corrected chi connectivity index (χ3v) is 2.02. The standard InChI is InChI=1S/C12H9NO/c1-9-5-6-12(14-9)11-4-2-3-10(7-11)8-13/h2-7H,1H3. The second kappa shape index (κ2) is 3.39. The lowest BCUT2D eigenvalue weighted by Crippen LogP contribution is -1.76. The molecule has 0 bridgehead atoms. The molecule has 0 N–H and O–H groups in total. The zero-order valence-corrected chi connectivity index (χ0v) is 7.82. The minimum absolute atomic E-state index is 0.650.